The molecule has 1 atom stereocenters. The topological polar surface area (TPSA) is 114 Å². The van der Waals surface area contributed by atoms with E-state index >= 15 is 0 Å². The van der Waals surface area contributed by atoms with Gasteiger partial charge in [-0.2, -0.15) is 0 Å². The van der Waals surface area contributed by atoms with Crippen LogP contribution in [0.2, 0.25) is 0 Å². The summed E-state index contributed by atoms with van der Waals surface area (Å²) in [6.07, 6.45) is -0.596. The summed E-state index contributed by atoms with van der Waals surface area (Å²) in [6, 6.07) is 6.56. The predicted octanol–water partition coefficient (Wildman–Crippen LogP) is 2.21. The Kier molecular flexibility index (Phi) is 7.19. The quantitative estimate of drug-likeness (QED) is 0.726. The van der Waals surface area contributed by atoms with E-state index in [1.807, 2.05) is 0 Å². The average Bonchev–Trinajstić information content (AvgIpc) is 2.72. The van der Waals surface area contributed by atoms with Crippen molar-refractivity contribution in [1.82, 2.24) is 5.32 Å². The zero-order chi connectivity index (χ0) is 21.6. The lowest BCUT2D eigenvalue weighted by Gasteiger charge is -2.27. The van der Waals surface area contributed by atoms with Gasteiger partial charge in [0.25, 0.3) is 5.91 Å². The van der Waals surface area contributed by atoms with Gasteiger partial charge in [-0.05, 0) is 39.8 Å². The van der Waals surface area contributed by atoms with Gasteiger partial charge in [-0.1, -0.05) is 12.1 Å². The molecule has 9 nitrogen and oxygen atoms in total. The van der Waals surface area contributed by atoms with Crippen molar-refractivity contribution in [3.05, 3.63) is 24.3 Å². The number of ether oxygens (including phenoxy) is 2. The third kappa shape index (κ3) is 6.78. The highest BCUT2D eigenvalue weighted by molar-refractivity contribution is 6.05. The number of carbonyl (C=O) groups excluding carboxylic acids is 4. The van der Waals surface area contributed by atoms with Crippen molar-refractivity contribution in [1.29, 1.82) is 0 Å². The van der Waals surface area contributed by atoms with Gasteiger partial charge < -0.3 is 25.0 Å². The first kappa shape index (κ1) is 22.2. The van der Waals surface area contributed by atoms with Crippen LogP contribution in [0.3, 0.4) is 0 Å². The molecule has 1 unspecified atom stereocenters. The summed E-state index contributed by atoms with van der Waals surface area (Å²) < 4.78 is 10.1. The number of fused-ring (bicyclic) bond motifs is 1. The Bertz CT molecular complexity index is 787. The van der Waals surface area contributed by atoms with E-state index < -0.39 is 36.2 Å². The minimum atomic E-state index is -0.632. The molecule has 29 heavy (non-hydrogen) atoms. The van der Waals surface area contributed by atoms with E-state index in [2.05, 4.69) is 10.6 Å². The maximum absolute atomic E-state index is 12.7. The Hall–Kier alpha value is -3.10. The first-order valence-corrected chi connectivity index (χ1v) is 9.40. The van der Waals surface area contributed by atoms with E-state index in [-0.39, 0.29) is 25.3 Å². The molecule has 0 aliphatic carbocycles. The zero-order valence-electron chi connectivity index (χ0n) is 17.1. The number of benzene rings is 1. The monoisotopic (exact) mass is 405 g/mol. The number of hydrogen-bond donors (Lipinski definition) is 2. The Balaban J connectivity index is 1.87. The number of hydrogen-bond acceptors (Lipinski definition) is 6. The fourth-order valence-electron chi connectivity index (χ4n) is 2.83. The lowest BCUT2D eigenvalue weighted by molar-refractivity contribution is -0.147. The molecule has 0 spiro atoms. The molecule has 0 saturated heterocycles. The molecule has 158 valence electrons. The van der Waals surface area contributed by atoms with E-state index in [4.69, 9.17) is 9.47 Å². The second-order valence-corrected chi connectivity index (χ2v) is 7.72. The van der Waals surface area contributed by atoms with Gasteiger partial charge in [0.05, 0.1) is 17.8 Å². The lowest BCUT2D eigenvalue weighted by atomic mass is 10.1. The number of alkyl carbamates (subject to hydrolysis) is 1. The maximum Gasteiger partial charge on any atom is 0.407 e. The SMILES string of the molecule is CC1CC(=O)Nc2ccccc2N1C(=O)COC(=O)CCNC(=O)OC(C)(C)C. The summed E-state index contributed by atoms with van der Waals surface area (Å²) in [5.74, 6) is -1.25. The van der Waals surface area contributed by atoms with E-state index in [1.165, 1.54) is 4.90 Å². The van der Waals surface area contributed by atoms with E-state index in [1.54, 1.807) is 52.0 Å². The Morgan fingerprint density at radius 1 is 1.24 bits per heavy atom. The number of rotatable bonds is 5. The van der Waals surface area contributed by atoms with Crippen LogP contribution in [-0.2, 0) is 23.9 Å². The number of para-hydroxylation sites is 2. The molecule has 0 saturated carbocycles. The van der Waals surface area contributed by atoms with E-state index in [0.717, 1.165) is 0 Å². The highest BCUT2D eigenvalue weighted by Crippen LogP contribution is 2.31. The molecular formula is C20H27N3O6. The molecule has 1 aromatic carbocycles. The summed E-state index contributed by atoms with van der Waals surface area (Å²) in [5, 5.41) is 5.22. The fraction of sp³-hybridized carbons (Fsp3) is 0.500. The Labute approximate surface area is 169 Å². The van der Waals surface area contributed by atoms with Crippen molar-refractivity contribution in [2.75, 3.05) is 23.4 Å². The van der Waals surface area contributed by atoms with Gasteiger partial charge in [0.15, 0.2) is 6.61 Å². The molecular weight excluding hydrogens is 378 g/mol. The number of amides is 3. The standard InChI is InChI=1S/C20H27N3O6/c1-13-11-16(24)22-14-7-5-6-8-15(14)23(13)17(25)12-28-18(26)9-10-21-19(27)29-20(2,3)4/h5-8,13H,9-12H2,1-4H3,(H,21,27)(H,22,24). The summed E-state index contributed by atoms with van der Waals surface area (Å²) in [4.78, 5) is 49.6. The van der Waals surface area contributed by atoms with Crippen molar-refractivity contribution in [3.8, 4) is 0 Å². The molecule has 3 amide bonds. The minimum Gasteiger partial charge on any atom is -0.455 e. The van der Waals surface area contributed by atoms with Gasteiger partial charge in [-0.15, -0.1) is 0 Å². The smallest absolute Gasteiger partial charge is 0.407 e. The molecule has 2 N–H and O–H groups in total. The third-order valence-corrected chi connectivity index (χ3v) is 3.98. The Morgan fingerprint density at radius 3 is 2.62 bits per heavy atom. The summed E-state index contributed by atoms with van der Waals surface area (Å²) in [5.41, 5.74) is 0.453. The molecule has 0 aromatic heterocycles. The van der Waals surface area contributed by atoms with Gasteiger partial charge in [-0.25, -0.2) is 4.79 Å². The summed E-state index contributed by atoms with van der Waals surface area (Å²) in [6.45, 7) is 6.53. The molecule has 1 aliphatic rings. The molecule has 2 rings (SSSR count). The van der Waals surface area contributed by atoms with Crippen molar-refractivity contribution in [2.45, 2.75) is 52.2 Å². The lowest BCUT2D eigenvalue weighted by Crippen LogP contribution is -2.41. The van der Waals surface area contributed by atoms with Crippen LogP contribution >= 0.6 is 0 Å². The number of esters is 1. The zero-order valence-corrected chi connectivity index (χ0v) is 17.1. The average molecular weight is 405 g/mol. The van der Waals surface area contributed by atoms with Crippen LogP contribution in [0.15, 0.2) is 24.3 Å². The predicted molar refractivity (Wildman–Crippen MR) is 106 cm³/mol. The maximum atomic E-state index is 12.7. The number of nitrogens with one attached hydrogen (secondary N) is 2. The van der Waals surface area contributed by atoms with Crippen molar-refractivity contribution in [2.24, 2.45) is 0 Å². The largest absolute Gasteiger partial charge is 0.455 e. The molecule has 0 bridgehead atoms. The first-order chi connectivity index (χ1) is 13.6. The highest BCUT2D eigenvalue weighted by atomic mass is 16.6. The molecule has 9 heteroatoms. The number of anilines is 2. The highest BCUT2D eigenvalue weighted by Gasteiger charge is 2.30. The van der Waals surface area contributed by atoms with Crippen LogP contribution in [0.5, 0.6) is 0 Å². The summed E-state index contributed by atoms with van der Waals surface area (Å²) >= 11 is 0. The van der Waals surface area contributed by atoms with Gasteiger partial charge in [0.1, 0.15) is 5.60 Å². The molecule has 1 aromatic rings. The molecule has 1 heterocycles. The first-order valence-electron chi connectivity index (χ1n) is 9.40. The molecule has 0 fully saturated rings. The van der Waals surface area contributed by atoms with Crippen LogP contribution < -0.4 is 15.5 Å². The second kappa shape index (κ2) is 9.40. The van der Waals surface area contributed by atoms with Crippen LogP contribution in [-0.4, -0.2) is 48.7 Å². The van der Waals surface area contributed by atoms with Gasteiger partial charge in [0, 0.05) is 19.0 Å². The van der Waals surface area contributed by atoms with Crippen LogP contribution in [0, 0.1) is 0 Å². The fourth-order valence-corrected chi connectivity index (χ4v) is 2.83. The number of carbonyl (C=O) groups is 4. The van der Waals surface area contributed by atoms with E-state index in [0.29, 0.717) is 11.4 Å². The minimum absolute atomic E-state index is 0.0311. The van der Waals surface area contributed by atoms with Gasteiger partial charge in [0.2, 0.25) is 5.91 Å². The normalized spacial score (nSPS) is 16.2. The number of nitrogens with zero attached hydrogens (tertiary/aromatic N) is 1. The summed E-state index contributed by atoms with van der Waals surface area (Å²) in [7, 11) is 0. The van der Waals surface area contributed by atoms with Crippen molar-refractivity contribution in [3.63, 3.8) is 0 Å². The Morgan fingerprint density at radius 2 is 1.93 bits per heavy atom. The van der Waals surface area contributed by atoms with Crippen molar-refractivity contribution >= 4 is 35.3 Å². The van der Waals surface area contributed by atoms with Gasteiger partial charge in [-0.3, -0.25) is 14.4 Å². The van der Waals surface area contributed by atoms with Crippen LogP contribution in [0.1, 0.15) is 40.5 Å². The van der Waals surface area contributed by atoms with Crippen LogP contribution in [0.25, 0.3) is 0 Å². The second-order valence-electron chi connectivity index (χ2n) is 7.72. The van der Waals surface area contributed by atoms with Crippen LogP contribution in [0.4, 0.5) is 16.2 Å². The van der Waals surface area contributed by atoms with E-state index in [9.17, 15) is 19.2 Å². The third-order valence-electron chi connectivity index (χ3n) is 3.98. The van der Waals surface area contributed by atoms with Crippen molar-refractivity contribution < 1.29 is 28.7 Å². The molecule has 1 aliphatic heterocycles. The van der Waals surface area contributed by atoms with Gasteiger partial charge >= 0.3 is 12.1 Å². The molecule has 0 radical (unpaired) electrons.